The van der Waals surface area contributed by atoms with E-state index in [2.05, 4.69) is 0 Å². The molecular weight excluding hydrogens is 404 g/mol. The van der Waals surface area contributed by atoms with E-state index in [0.29, 0.717) is 31.7 Å². The fourth-order valence-corrected chi connectivity index (χ4v) is 4.30. The lowest BCUT2D eigenvalue weighted by Gasteiger charge is -2.23. The molecule has 0 N–H and O–H groups in total. The van der Waals surface area contributed by atoms with Crippen LogP contribution in [0.1, 0.15) is 16.8 Å². The number of hydrogen-bond acceptors (Lipinski definition) is 4. The summed E-state index contributed by atoms with van der Waals surface area (Å²) in [6, 6.07) is 19.6. The molecule has 168 valence electrons. The summed E-state index contributed by atoms with van der Waals surface area (Å²) >= 11 is 0. The lowest BCUT2D eigenvalue weighted by molar-refractivity contribution is -0.132. The van der Waals surface area contributed by atoms with Gasteiger partial charge in [-0.25, -0.2) is 4.68 Å². The number of ether oxygens (including phenoxy) is 1. The number of benzene rings is 2. The summed E-state index contributed by atoms with van der Waals surface area (Å²) in [5.74, 6) is 0.0466. The van der Waals surface area contributed by atoms with Crippen molar-refractivity contribution in [1.29, 1.82) is 0 Å². The molecule has 3 aromatic rings. The van der Waals surface area contributed by atoms with Crippen LogP contribution < -0.4 is 5.56 Å². The van der Waals surface area contributed by atoms with E-state index in [0.717, 1.165) is 16.9 Å². The van der Waals surface area contributed by atoms with E-state index in [9.17, 15) is 9.59 Å². The molecule has 1 amide bonds. The highest BCUT2D eigenvalue weighted by molar-refractivity contribution is 5.78. The monoisotopic (exact) mass is 434 g/mol. The molecule has 1 aliphatic rings. The first-order valence-corrected chi connectivity index (χ1v) is 10.9. The van der Waals surface area contributed by atoms with Crippen LogP contribution in [0.5, 0.6) is 0 Å². The number of carbonyl (C=O) groups excluding carboxylic acids is 1. The molecule has 0 bridgehead atoms. The van der Waals surface area contributed by atoms with Crippen molar-refractivity contribution in [3.05, 3.63) is 87.8 Å². The highest BCUT2D eigenvalue weighted by Crippen LogP contribution is 2.16. The summed E-state index contributed by atoms with van der Waals surface area (Å²) < 4.78 is 9.25. The number of rotatable bonds is 6. The predicted molar refractivity (Wildman–Crippen MR) is 124 cm³/mol. The molecule has 7 heteroatoms. The number of hydrogen-bond donors (Lipinski definition) is 0. The van der Waals surface area contributed by atoms with Gasteiger partial charge in [0.2, 0.25) is 5.91 Å². The Morgan fingerprint density at radius 3 is 2.25 bits per heavy atom. The fourth-order valence-electron chi connectivity index (χ4n) is 4.30. The van der Waals surface area contributed by atoms with Gasteiger partial charge in [0, 0.05) is 46.0 Å². The van der Waals surface area contributed by atoms with Crippen LogP contribution in [0, 0.1) is 6.92 Å². The standard InChI is InChI=1S/C25H30N4O3/c1-19-23(25(31)29(26(19)2)21-12-8-5-9-13-21)17-27-15-22(32-3)16-28(24(30)18-27)14-20-10-6-4-7-11-20/h4-13,22H,14-18H2,1-3H3/t22-/m0/s1. The van der Waals surface area contributed by atoms with Crippen molar-refractivity contribution in [2.24, 2.45) is 7.05 Å². The predicted octanol–water partition coefficient (Wildman–Crippen LogP) is 2.34. The van der Waals surface area contributed by atoms with E-state index in [-0.39, 0.29) is 24.1 Å². The number of para-hydroxylation sites is 1. The van der Waals surface area contributed by atoms with Crippen molar-refractivity contribution >= 4 is 5.91 Å². The summed E-state index contributed by atoms with van der Waals surface area (Å²) in [6.45, 7) is 4.29. The Balaban J connectivity index is 1.57. The molecular formula is C25H30N4O3. The van der Waals surface area contributed by atoms with Gasteiger partial charge < -0.3 is 9.64 Å². The molecule has 1 aromatic heterocycles. The Labute approximate surface area is 188 Å². The molecule has 0 aliphatic carbocycles. The van der Waals surface area contributed by atoms with Crippen LogP contribution in [0.2, 0.25) is 0 Å². The number of aromatic nitrogens is 2. The Kier molecular flexibility index (Phi) is 6.58. The van der Waals surface area contributed by atoms with E-state index in [1.807, 2.05) is 89.1 Å². The molecule has 0 saturated carbocycles. The third-order valence-electron chi connectivity index (χ3n) is 6.20. The maximum absolute atomic E-state index is 13.3. The summed E-state index contributed by atoms with van der Waals surface area (Å²) in [4.78, 5) is 30.3. The molecule has 7 nitrogen and oxygen atoms in total. The highest BCUT2D eigenvalue weighted by atomic mass is 16.5. The van der Waals surface area contributed by atoms with Gasteiger partial charge in [-0.2, -0.15) is 0 Å². The average Bonchev–Trinajstić information content (AvgIpc) is 2.92. The van der Waals surface area contributed by atoms with Crippen molar-refractivity contribution in [3.63, 3.8) is 0 Å². The Hall–Kier alpha value is -3.16. The minimum Gasteiger partial charge on any atom is -0.378 e. The van der Waals surface area contributed by atoms with Crippen LogP contribution in [0.4, 0.5) is 0 Å². The smallest absolute Gasteiger partial charge is 0.276 e. The molecule has 0 spiro atoms. The van der Waals surface area contributed by atoms with Gasteiger partial charge >= 0.3 is 0 Å². The van der Waals surface area contributed by atoms with E-state index in [1.165, 1.54) is 0 Å². The number of amides is 1. The van der Waals surface area contributed by atoms with Gasteiger partial charge in [0.05, 0.1) is 23.9 Å². The molecule has 1 aliphatic heterocycles. The fraction of sp³-hybridized carbons (Fsp3) is 0.360. The number of methoxy groups -OCH3 is 1. The van der Waals surface area contributed by atoms with Gasteiger partial charge in [-0.05, 0) is 24.6 Å². The summed E-state index contributed by atoms with van der Waals surface area (Å²) in [5.41, 5.74) is 3.46. The van der Waals surface area contributed by atoms with Crippen LogP contribution in [0.3, 0.4) is 0 Å². The van der Waals surface area contributed by atoms with Gasteiger partial charge in [0.25, 0.3) is 5.56 Å². The van der Waals surface area contributed by atoms with Crippen molar-refractivity contribution in [3.8, 4) is 5.69 Å². The molecule has 32 heavy (non-hydrogen) atoms. The lowest BCUT2D eigenvalue weighted by atomic mass is 10.2. The first-order valence-electron chi connectivity index (χ1n) is 10.9. The second-order valence-corrected chi connectivity index (χ2v) is 8.33. The second-order valence-electron chi connectivity index (χ2n) is 8.33. The quantitative estimate of drug-likeness (QED) is 0.598. The Morgan fingerprint density at radius 2 is 1.59 bits per heavy atom. The van der Waals surface area contributed by atoms with Crippen molar-refractivity contribution < 1.29 is 9.53 Å². The van der Waals surface area contributed by atoms with Gasteiger partial charge in [0.15, 0.2) is 0 Å². The molecule has 1 fully saturated rings. The van der Waals surface area contributed by atoms with E-state index >= 15 is 0 Å². The van der Waals surface area contributed by atoms with E-state index in [4.69, 9.17) is 4.74 Å². The maximum Gasteiger partial charge on any atom is 0.276 e. The first kappa shape index (κ1) is 22.0. The minimum absolute atomic E-state index is 0.0466. The third-order valence-corrected chi connectivity index (χ3v) is 6.20. The second kappa shape index (κ2) is 9.54. The Morgan fingerprint density at radius 1 is 0.938 bits per heavy atom. The van der Waals surface area contributed by atoms with Crippen LogP contribution in [0.15, 0.2) is 65.5 Å². The van der Waals surface area contributed by atoms with Gasteiger partial charge in [-0.3, -0.25) is 19.2 Å². The van der Waals surface area contributed by atoms with Gasteiger partial charge in [-0.1, -0.05) is 48.5 Å². The summed E-state index contributed by atoms with van der Waals surface area (Å²) in [5, 5.41) is 0. The van der Waals surface area contributed by atoms with Crippen LogP contribution in [-0.4, -0.2) is 57.9 Å². The van der Waals surface area contributed by atoms with Crippen molar-refractivity contribution in [2.45, 2.75) is 26.1 Å². The van der Waals surface area contributed by atoms with Gasteiger partial charge in [-0.15, -0.1) is 0 Å². The van der Waals surface area contributed by atoms with E-state index < -0.39 is 0 Å². The normalized spacial score (nSPS) is 17.5. The zero-order valence-corrected chi connectivity index (χ0v) is 18.9. The van der Waals surface area contributed by atoms with Crippen molar-refractivity contribution in [2.75, 3.05) is 26.7 Å². The zero-order valence-electron chi connectivity index (χ0n) is 18.9. The third kappa shape index (κ3) is 4.54. The topological polar surface area (TPSA) is 59.7 Å². The number of carbonyl (C=O) groups is 1. The van der Waals surface area contributed by atoms with Crippen LogP contribution in [0.25, 0.3) is 5.69 Å². The Bertz CT molecular complexity index is 1120. The molecule has 1 saturated heterocycles. The highest BCUT2D eigenvalue weighted by Gasteiger charge is 2.29. The van der Waals surface area contributed by atoms with Crippen LogP contribution >= 0.6 is 0 Å². The average molecular weight is 435 g/mol. The molecule has 1 atom stereocenters. The van der Waals surface area contributed by atoms with Crippen LogP contribution in [-0.2, 0) is 29.7 Å². The summed E-state index contributed by atoms with van der Waals surface area (Å²) in [6.07, 6.45) is -0.120. The SMILES string of the molecule is CO[C@H]1CN(Cc2c(C)n(C)n(-c3ccccc3)c2=O)CC(=O)N(Cc2ccccc2)C1. The summed E-state index contributed by atoms with van der Waals surface area (Å²) in [7, 11) is 3.57. The van der Waals surface area contributed by atoms with Crippen molar-refractivity contribution in [1.82, 2.24) is 19.2 Å². The molecule has 0 radical (unpaired) electrons. The first-order chi connectivity index (χ1) is 15.5. The minimum atomic E-state index is -0.120. The molecule has 4 rings (SSSR count). The largest absolute Gasteiger partial charge is 0.378 e. The molecule has 2 heterocycles. The maximum atomic E-state index is 13.3. The zero-order chi connectivity index (χ0) is 22.7. The van der Waals surface area contributed by atoms with Gasteiger partial charge in [0.1, 0.15) is 0 Å². The molecule has 0 unspecified atom stereocenters. The number of nitrogens with zero attached hydrogens (tertiary/aromatic N) is 4. The molecule has 2 aromatic carbocycles. The van der Waals surface area contributed by atoms with E-state index in [1.54, 1.807) is 11.8 Å². The lowest BCUT2D eigenvalue weighted by Crippen LogP contribution is -2.37.